The molecule has 0 unspecified atom stereocenters. The molecule has 1 aromatic carbocycles. The normalized spacial score (nSPS) is 12.4. The second-order valence-electron chi connectivity index (χ2n) is 8.39. The lowest BCUT2D eigenvalue weighted by molar-refractivity contribution is -0.126. The first-order valence-electron chi connectivity index (χ1n) is 11.2. The highest BCUT2D eigenvalue weighted by molar-refractivity contribution is 5.85. The van der Waals surface area contributed by atoms with Gasteiger partial charge in [0.05, 0.1) is 18.8 Å². The number of nitrogens with zero attached hydrogens (tertiary/aromatic N) is 4. The zero-order valence-electron chi connectivity index (χ0n) is 19.4. The summed E-state index contributed by atoms with van der Waals surface area (Å²) in [6.45, 7) is 4.79. The highest BCUT2D eigenvalue weighted by atomic mass is 16.5. The van der Waals surface area contributed by atoms with Crippen molar-refractivity contribution in [3.8, 4) is 0 Å². The van der Waals surface area contributed by atoms with Crippen molar-refractivity contribution in [2.24, 2.45) is 5.73 Å². The first-order valence-corrected chi connectivity index (χ1v) is 11.2. The number of aryl methyl sites for hydroxylation is 1. The van der Waals surface area contributed by atoms with Gasteiger partial charge in [0.15, 0.2) is 5.82 Å². The van der Waals surface area contributed by atoms with Crippen LogP contribution in [-0.2, 0) is 27.5 Å². The van der Waals surface area contributed by atoms with Gasteiger partial charge in [-0.25, -0.2) is 4.68 Å². The van der Waals surface area contributed by atoms with E-state index < -0.39 is 11.6 Å². The number of aliphatic hydroxyl groups excluding tert-OH is 1. The van der Waals surface area contributed by atoms with Crippen LogP contribution >= 0.6 is 0 Å². The molecule has 0 saturated heterocycles. The van der Waals surface area contributed by atoms with E-state index in [-0.39, 0.29) is 25.0 Å². The topological polar surface area (TPSA) is 157 Å². The molecule has 11 nitrogen and oxygen atoms in total. The van der Waals surface area contributed by atoms with Crippen LogP contribution in [0.4, 0.5) is 0 Å². The van der Waals surface area contributed by atoms with Gasteiger partial charge < -0.3 is 26.2 Å². The van der Waals surface area contributed by atoms with Crippen LogP contribution in [0.1, 0.15) is 57.0 Å². The predicted molar refractivity (Wildman–Crippen MR) is 122 cm³/mol. The Morgan fingerprint density at radius 3 is 2.67 bits per heavy atom. The first-order chi connectivity index (χ1) is 15.8. The van der Waals surface area contributed by atoms with Crippen LogP contribution < -0.4 is 16.4 Å². The smallest absolute Gasteiger partial charge is 0.240 e. The largest absolute Gasteiger partial charge is 0.396 e. The Bertz CT molecular complexity index is 852. The fourth-order valence-electron chi connectivity index (χ4n) is 2.96. The van der Waals surface area contributed by atoms with Gasteiger partial charge in [0.25, 0.3) is 0 Å². The molecule has 0 bridgehead atoms. The van der Waals surface area contributed by atoms with E-state index in [4.69, 9.17) is 15.6 Å². The third-order valence-corrected chi connectivity index (χ3v) is 4.84. The van der Waals surface area contributed by atoms with Crippen molar-refractivity contribution in [2.45, 2.75) is 64.3 Å². The van der Waals surface area contributed by atoms with Gasteiger partial charge in [0.1, 0.15) is 6.04 Å². The molecule has 1 heterocycles. The minimum absolute atomic E-state index is 0.0509. The van der Waals surface area contributed by atoms with Crippen molar-refractivity contribution in [2.75, 3.05) is 19.8 Å². The second-order valence-corrected chi connectivity index (χ2v) is 8.39. The molecule has 0 fully saturated rings. The van der Waals surface area contributed by atoms with Gasteiger partial charge in [-0.15, -0.1) is 5.10 Å². The molecule has 1 atom stereocenters. The van der Waals surface area contributed by atoms with E-state index >= 15 is 0 Å². The second kappa shape index (κ2) is 13.6. The maximum Gasteiger partial charge on any atom is 0.240 e. The Hall–Kier alpha value is -2.89. The molecule has 0 spiro atoms. The number of rotatable bonds is 15. The van der Waals surface area contributed by atoms with E-state index in [0.29, 0.717) is 51.2 Å². The molecule has 0 radical (unpaired) electrons. The highest BCUT2D eigenvalue weighted by Gasteiger charge is 2.28. The van der Waals surface area contributed by atoms with Crippen LogP contribution in [0.25, 0.3) is 0 Å². The van der Waals surface area contributed by atoms with Gasteiger partial charge >= 0.3 is 0 Å². The van der Waals surface area contributed by atoms with Crippen molar-refractivity contribution in [1.29, 1.82) is 0 Å². The summed E-state index contributed by atoms with van der Waals surface area (Å²) in [6, 6.07) is 9.12. The van der Waals surface area contributed by atoms with Crippen molar-refractivity contribution in [3.63, 3.8) is 0 Å². The number of benzene rings is 1. The molecule has 182 valence electrons. The van der Waals surface area contributed by atoms with E-state index in [9.17, 15) is 9.59 Å². The number of nitrogens with two attached hydrogens (primary N) is 1. The lowest BCUT2D eigenvalue weighted by atomic mass is 10.1. The minimum atomic E-state index is -1.07. The van der Waals surface area contributed by atoms with Crippen LogP contribution in [0.2, 0.25) is 0 Å². The molecule has 0 saturated carbocycles. The summed E-state index contributed by atoms with van der Waals surface area (Å²) in [5.74, 6) is 0.0560. The molecule has 1 aromatic heterocycles. The molecule has 2 aromatic rings. The number of nitrogens with one attached hydrogen (secondary N) is 2. The number of hydrogen-bond donors (Lipinski definition) is 4. The quantitative estimate of drug-likeness (QED) is 0.278. The maximum atomic E-state index is 12.5. The summed E-state index contributed by atoms with van der Waals surface area (Å²) in [6.07, 6.45) is 2.26. The zero-order valence-corrected chi connectivity index (χ0v) is 19.4. The van der Waals surface area contributed by atoms with Gasteiger partial charge in [-0.1, -0.05) is 30.3 Å². The van der Waals surface area contributed by atoms with Crippen LogP contribution in [0.15, 0.2) is 30.3 Å². The van der Waals surface area contributed by atoms with Crippen LogP contribution in [0.3, 0.4) is 0 Å². The van der Waals surface area contributed by atoms with Gasteiger partial charge in [-0.3, -0.25) is 9.59 Å². The summed E-state index contributed by atoms with van der Waals surface area (Å²) in [4.78, 5) is 24.3. The summed E-state index contributed by atoms with van der Waals surface area (Å²) in [5, 5.41) is 26.4. The van der Waals surface area contributed by atoms with Crippen molar-refractivity contribution in [3.05, 3.63) is 41.7 Å². The number of carbonyl (C=O) groups excluding carboxylic acids is 2. The van der Waals surface area contributed by atoms with Crippen molar-refractivity contribution >= 4 is 11.8 Å². The molecule has 2 amide bonds. The van der Waals surface area contributed by atoms with Crippen molar-refractivity contribution in [1.82, 2.24) is 30.8 Å². The van der Waals surface area contributed by atoms with E-state index in [1.807, 2.05) is 30.3 Å². The average Bonchev–Trinajstić information content (AvgIpc) is 3.24. The van der Waals surface area contributed by atoms with Crippen LogP contribution in [0, 0.1) is 0 Å². The Labute approximate surface area is 194 Å². The number of carbonyl (C=O) groups is 2. The molecule has 0 aliphatic rings. The monoisotopic (exact) mass is 461 g/mol. The Morgan fingerprint density at radius 2 is 1.97 bits per heavy atom. The lowest BCUT2D eigenvalue weighted by Crippen LogP contribution is -2.51. The Balaban J connectivity index is 1.94. The number of ether oxygens (including phenoxy) is 1. The molecule has 11 heteroatoms. The van der Waals surface area contributed by atoms with Gasteiger partial charge in [-0.2, -0.15) is 0 Å². The van der Waals surface area contributed by atoms with Gasteiger partial charge in [0.2, 0.25) is 11.8 Å². The lowest BCUT2D eigenvalue weighted by Gasteiger charge is -2.23. The Kier molecular flexibility index (Phi) is 10.9. The van der Waals surface area contributed by atoms with E-state index in [1.54, 1.807) is 18.5 Å². The number of unbranched alkanes of at least 4 members (excludes halogenated alkanes) is 1. The van der Waals surface area contributed by atoms with Crippen LogP contribution in [-0.4, -0.2) is 62.4 Å². The molecular formula is C22H35N7O4. The van der Waals surface area contributed by atoms with Gasteiger partial charge in [-0.05, 0) is 49.1 Å². The Morgan fingerprint density at radius 1 is 1.21 bits per heavy atom. The molecule has 0 aliphatic carbocycles. The van der Waals surface area contributed by atoms with E-state index in [2.05, 4.69) is 26.2 Å². The number of aromatic nitrogens is 4. The predicted octanol–water partition coefficient (Wildman–Crippen LogP) is 0.453. The summed E-state index contributed by atoms with van der Waals surface area (Å²) in [5.41, 5.74) is 5.88. The molecular weight excluding hydrogens is 426 g/mol. The standard InChI is InChI=1S/C22H35N7O4/c1-22(2,23)21(32)25-18(16-33-15-17-9-4-3-5-10-17)20-26-27-28-29(20)13-8-12-24-19(31)11-6-7-14-30/h3-5,9-10,18,30H,6-8,11-16,23H2,1-2H3,(H,24,31)(H,25,32)/t18-/m1/s1. The van der Waals surface area contributed by atoms with Crippen LogP contribution in [0.5, 0.6) is 0 Å². The van der Waals surface area contributed by atoms with E-state index in [1.165, 1.54) is 0 Å². The maximum absolute atomic E-state index is 12.5. The highest BCUT2D eigenvalue weighted by Crippen LogP contribution is 2.13. The molecule has 2 rings (SSSR count). The molecule has 33 heavy (non-hydrogen) atoms. The number of aliphatic hydroxyl groups is 1. The zero-order chi connectivity index (χ0) is 24.1. The first kappa shape index (κ1) is 26.4. The number of amides is 2. The average molecular weight is 462 g/mol. The molecule has 0 aliphatic heterocycles. The third kappa shape index (κ3) is 9.64. The van der Waals surface area contributed by atoms with Crippen molar-refractivity contribution < 1.29 is 19.4 Å². The molecule has 5 N–H and O–H groups in total. The van der Waals surface area contributed by atoms with E-state index in [0.717, 1.165) is 5.56 Å². The fraction of sp³-hybridized carbons (Fsp3) is 0.591. The fourth-order valence-corrected chi connectivity index (χ4v) is 2.96. The van der Waals surface area contributed by atoms with Gasteiger partial charge in [0, 0.05) is 26.1 Å². The summed E-state index contributed by atoms with van der Waals surface area (Å²) >= 11 is 0. The number of tetrazole rings is 1. The number of hydrogen-bond acceptors (Lipinski definition) is 8. The summed E-state index contributed by atoms with van der Waals surface area (Å²) < 4.78 is 7.43. The summed E-state index contributed by atoms with van der Waals surface area (Å²) in [7, 11) is 0. The SMILES string of the molecule is CC(C)(N)C(=O)N[C@H](COCc1ccccc1)c1nnnn1CCCNC(=O)CCCCO. The minimum Gasteiger partial charge on any atom is -0.396 e. The third-order valence-electron chi connectivity index (χ3n) is 4.84.